The number of aliphatic carboxylic acids is 1. The van der Waals surface area contributed by atoms with E-state index in [-0.39, 0.29) is 12.0 Å². The van der Waals surface area contributed by atoms with Crippen LogP contribution in [0.15, 0.2) is 0 Å². The van der Waals surface area contributed by atoms with E-state index in [1.807, 2.05) is 0 Å². The molecule has 2 heterocycles. The molecule has 2 saturated heterocycles. The summed E-state index contributed by atoms with van der Waals surface area (Å²) in [7, 11) is 2.09. The molecule has 0 aromatic rings. The van der Waals surface area contributed by atoms with Gasteiger partial charge in [-0.05, 0) is 7.05 Å². The number of rotatable bonds is 2. The number of hydrogen-bond donors (Lipinski definition) is 1. The molecule has 2 unspecified atom stereocenters. The molecule has 2 fully saturated rings. The molecule has 5 heteroatoms. The Hall–Kier alpha value is -0.650. The summed E-state index contributed by atoms with van der Waals surface area (Å²) >= 11 is 0. The highest BCUT2D eigenvalue weighted by Crippen LogP contribution is 2.21. The lowest BCUT2D eigenvalue weighted by molar-refractivity contribution is -0.143. The van der Waals surface area contributed by atoms with E-state index in [9.17, 15) is 4.79 Å². The lowest BCUT2D eigenvalue weighted by Crippen LogP contribution is -2.52. The third kappa shape index (κ3) is 2.30. The van der Waals surface area contributed by atoms with Crippen LogP contribution in [-0.4, -0.2) is 73.4 Å². The highest BCUT2D eigenvalue weighted by Gasteiger charge is 2.38. The van der Waals surface area contributed by atoms with Gasteiger partial charge in [0, 0.05) is 32.2 Å². The lowest BCUT2D eigenvalue weighted by Gasteiger charge is -2.37. The molecule has 2 rings (SSSR count). The zero-order chi connectivity index (χ0) is 10.8. The molecule has 86 valence electrons. The van der Waals surface area contributed by atoms with Crippen molar-refractivity contribution in [3.8, 4) is 0 Å². The van der Waals surface area contributed by atoms with E-state index >= 15 is 0 Å². The average Bonchev–Trinajstić information content (AvgIpc) is 2.67. The standard InChI is InChI=1S/C10H18N2O3/c1-11-2-4-12(5-3-11)9-7-15-6-8(9)10(13)14/h8-9H,2-7H2,1H3,(H,13,14). The van der Waals surface area contributed by atoms with Crippen molar-refractivity contribution in [1.82, 2.24) is 9.80 Å². The van der Waals surface area contributed by atoms with Gasteiger partial charge in [-0.2, -0.15) is 0 Å². The molecule has 0 saturated carbocycles. The second kappa shape index (κ2) is 4.47. The van der Waals surface area contributed by atoms with Gasteiger partial charge in [-0.15, -0.1) is 0 Å². The van der Waals surface area contributed by atoms with Gasteiger partial charge in [0.1, 0.15) is 0 Å². The second-order valence-electron chi connectivity index (χ2n) is 4.39. The maximum absolute atomic E-state index is 11.0. The van der Waals surface area contributed by atoms with Crippen molar-refractivity contribution < 1.29 is 14.6 Å². The summed E-state index contributed by atoms with van der Waals surface area (Å²) in [6.07, 6.45) is 0. The Morgan fingerprint density at radius 2 is 1.93 bits per heavy atom. The smallest absolute Gasteiger partial charge is 0.310 e. The third-order valence-corrected chi connectivity index (χ3v) is 3.37. The van der Waals surface area contributed by atoms with Crippen molar-refractivity contribution in [2.75, 3.05) is 46.4 Å². The van der Waals surface area contributed by atoms with Crippen LogP contribution in [-0.2, 0) is 9.53 Å². The Morgan fingerprint density at radius 1 is 1.27 bits per heavy atom. The molecule has 5 nitrogen and oxygen atoms in total. The Kier molecular flexibility index (Phi) is 3.23. The molecule has 0 spiro atoms. The fourth-order valence-electron chi connectivity index (χ4n) is 2.29. The Bertz CT molecular complexity index is 239. The molecule has 2 aliphatic heterocycles. The summed E-state index contributed by atoms with van der Waals surface area (Å²) in [4.78, 5) is 15.5. The summed E-state index contributed by atoms with van der Waals surface area (Å²) in [6.45, 7) is 4.88. The average molecular weight is 214 g/mol. The molecule has 0 aromatic heterocycles. The van der Waals surface area contributed by atoms with Crippen LogP contribution in [0.4, 0.5) is 0 Å². The van der Waals surface area contributed by atoms with Gasteiger partial charge in [-0.1, -0.05) is 0 Å². The highest BCUT2D eigenvalue weighted by molar-refractivity contribution is 5.71. The first kappa shape index (κ1) is 10.9. The monoisotopic (exact) mass is 214 g/mol. The number of carbonyl (C=O) groups is 1. The molecule has 2 atom stereocenters. The first-order chi connectivity index (χ1) is 7.18. The van der Waals surface area contributed by atoms with Crippen LogP contribution in [0, 0.1) is 5.92 Å². The highest BCUT2D eigenvalue weighted by atomic mass is 16.5. The van der Waals surface area contributed by atoms with E-state index in [0.717, 1.165) is 26.2 Å². The number of carboxylic acid groups (broad SMARTS) is 1. The van der Waals surface area contributed by atoms with Gasteiger partial charge in [0.25, 0.3) is 0 Å². The zero-order valence-corrected chi connectivity index (χ0v) is 9.06. The predicted molar refractivity (Wildman–Crippen MR) is 54.8 cm³/mol. The fourth-order valence-corrected chi connectivity index (χ4v) is 2.29. The van der Waals surface area contributed by atoms with Gasteiger partial charge in [0.05, 0.1) is 19.1 Å². The minimum absolute atomic E-state index is 0.0798. The minimum Gasteiger partial charge on any atom is -0.481 e. The quantitative estimate of drug-likeness (QED) is 0.661. The van der Waals surface area contributed by atoms with Crippen LogP contribution in [0.25, 0.3) is 0 Å². The van der Waals surface area contributed by atoms with Crippen LogP contribution in [0.5, 0.6) is 0 Å². The lowest BCUT2D eigenvalue weighted by atomic mass is 10.0. The number of likely N-dealkylation sites (N-methyl/N-ethyl adjacent to an activating group) is 1. The van der Waals surface area contributed by atoms with Crippen LogP contribution in [0.1, 0.15) is 0 Å². The first-order valence-electron chi connectivity index (χ1n) is 5.41. The number of ether oxygens (including phenoxy) is 1. The van der Waals surface area contributed by atoms with Crippen LogP contribution in [0.2, 0.25) is 0 Å². The van der Waals surface area contributed by atoms with Gasteiger partial charge < -0.3 is 14.7 Å². The Labute approximate surface area is 89.6 Å². The molecule has 1 N–H and O–H groups in total. The molecule has 0 bridgehead atoms. The maximum Gasteiger partial charge on any atom is 0.310 e. The molecule has 15 heavy (non-hydrogen) atoms. The molecule has 0 radical (unpaired) electrons. The van der Waals surface area contributed by atoms with Crippen molar-refractivity contribution in [3.63, 3.8) is 0 Å². The first-order valence-corrected chi connectivity index (χ1v) is 5.41. The minimum atomic E-state index is -0.726. The van der Waals surface area contributed by atoms with E-state index in [2.05, 4.69) is 16.8 Å². The van der Waals surface area contributed by atoms with Crippen LogP contribution in [0.3, 0.4) is 0 Å². The van der Waals surface area contributed by atoms with E-state index in [4.69, 9.17) is 9.84 Å². The number of nitrogens with zero attached hydrogens (tertiary/aromatic N) is 2. The van der Waals surface area contributed by atoms with E-state index in [1.165, 1.54) is 0 Å². The van der Waals surface area contributed by atoms with E-state index in [0.29, 0.717) is 13.2 Å². The number of hydrogen-bond acceptors (Lipinski definition) is 4. The topological polar surface area (TPSA) is 53.0 Å². The molecule has 0 amide bonds. The summed E-state index contributed by atoms with van der Waals surface area (Å²) in [5.74, 6) is -1.06. The largest absolute Gasteiger partial charge is 0.481 e. The van der Waals surface area contributed by atoms with Crippen molar-refractivity contribution in [1.29, 1.82) is 0 Å². The molecular formula is C10H18N2O3. The molecule has 0 aliphatic carbocycles. The van der Waals surface area contributed by atoms with Gasteiger partial charge in [0.2, 0.25) is 0 Å². The molecule has 0 aromatic carbocycles. The van der Waals surface area contributed by atoms with Crippen molar-refractivity contribution in [2.24, 2.45) is 5.92 Å². The van der Waals surface area contributed by atoms with Gasteiger partial charge in [-0.25, -0.2) is 0 Å². The van der Waals surface area contributed by atoms with E-state index in [1.54, 1.807) is 0 Å². The molecular weight excluding hydrogens is 196 g/mol. The van der Waals surface area contributed by atoms with Crippen molar-refractivity contribution >= 4 is 5.97 Å². The SMILES string of the molecule is CN1CCN(C2COCC2C(=O)O)CC1. The van der Waals surface area contributed by atoms with Crippen molar-refractivity contribution in [3.05, 3.63) is 0 Å². The van der Waals surface area contributed by atoms with Crippen LogP contribution >= 0.6 is 0 Å². The van der Waals surface area contributed by atoms with Gasteiger partial charge >= 0.3 is 5.97 Å². The summed E-state index contributed by atoms with van der Waals surface area (Å²) in [5, 5.41) is 9.05. The number of carboxylic acids is 1. The maximum atomic E-state index is 11.0. The Morgan fingerprint density at radius 3 is 2.53 bits per heavy atom. The predicted octanol–water partition coefficient (Wildman–Crippen LogP) is -0.667. The van der Waals surface area contributed by atoms with Crippen molar-refractivity contribution in [2.45, 2.75) is 6.04 Å². The summed E-state index contributed by atoms with van der Waals surface area (Å²) < 4.78 is 5.27. The van der Waals surface area contributed by atoms with Gasteiger partial charge in [0.15, 0.2) is 0 Å². The van der Waals surface area contributed by atoms with E-state index < -0.39 is 5.97 Å². The second-order valence-corrected chi connectivity index (χ2v) is 4.39. The normalized spacial score (nSPS) is 34.5. The van der Waals surface area contributed by atoms with Crippen LogP contribution < -0.4 is 0 Å². The Balaban J connectivity index is 1.94. The third-order valence-electron chi connectivity index (χ3n) is 3.37. The fraction of sp³-hybridized carbons (Fsp3) is 0.900. The summed E-state index contributed by atoms with van der Waals surface area (Å²) in [5.41, 5.74) is 0. The number of piperazine rings is 1. The summed E-state index contributed by atoms with van der Waals surface area (Å²) in [6, 6.07) is 0.0798. The van der Waals surface area contributed by atoms with Gasteiger partial charge in [-0.3, -0.25) is 9.69 Å². The molecule has 2 aliphatic rings. The zero-order valence-electron chi connectivity index (χ0n) is 9.06.